The molecule has 2 aromatic rings. The molecule has 1 aromatic carbocycles. The van der Waals surface area contributed by atoms with Crippen molar-refractivity contribution in [3.05, 3.63) is 35.5 Å². The molecule has 9 heteroatoms. The number of alkyl halides is 3. The molecule has 0 aliphatic heterocycles. The Labute approximate surface area is 143 Å². The van der Waals surface area contributed by atoms with Crippen molar-refractivity contribution in [1.82, 2.24) is 9.97 Å². The SMILES string of the molecule is COc1cccc(CNc2nc(N(C)C)cc(C(F)(F)F)n2)c1OC. The van der Waals surface area contributed by atoms with Crippen LogP contribution in [0.25, 0.3) is 0 Å². The number of halogens is 3. The lowest BCUT2D eigenvalue weighted by Gasteiger charge is -2.17. The van der Waals surface area contributed by atoms with E-state index in [2.05, 4.69) is 15.3 Å². The molecule has 1 aromatic heterocycles. The maximum atomic E-state index is 13.0. The Bertz CT molecular complexity index is 736. The average molecular weight is 356 g/mol. The molecule has 0 bridgehead atoms. The van der Waals surface area contributed by atoms with Crippen LogP contribution >= 0.6 is 0 Å². The molecule has 0 saturated carbocycles. The van der Waals surface area contributed by atoms with Gasteiger partial charge in [-0.05, 0) is 6.07 Å². The van der Waals surface area contributed by atoms with E-state index in [4.69, 9.17) is 9.47 Å². The molecule has 1 N–H and O–H groups in total. The molecule has 136 valence electrons. The molecule has 0 aliphatic carbocycles. The van der Waals surface area contributed by atoms with Crippen molar-refractivity contribution < 1.29 is 22.6 Å². The first-order valence-electron chi connectivity index (χ1n) is 7.33. The molecule has 0 aliphatic rings. The molecule has 1 heterocycles. The highest BCUT2D eigenvalue weighted by Crippen LogP contribution is 2.32. The number of anilines is 2. The van der Waals surface area contributed by atoms with Crippen LogP contribution in [0.3, 0.4) is 0 Å². The first kappa shape index (κ1) is 18.6. The number of nitrogens with one attached hydrogen (secondary N) is 1. The molecular weight excluding hydrogens is 337 g/mol. The van der Waals surface area contributed by atoms with Crippen LogP contribution in [0.4, 0.5) is 24.9 Å². The van der Waals surface area contributed by atoms with E-state index in [1.807, 2.05) is 0 Å². The first-order valence-corrected chi connectivity index (χ1v) is 7.33. The summed E-state index contributed by atoms with van der Waals surface area (Å²) in [4.78, 5) is 9.13. The van der Waals surface area contributed by atoms with E-state index >= 15 is 0 Å². The van der Waals surface area contributed by atoms with Crippen LogP contribution in [0.1, 0.15) is 11.3 Å². The number of rotatable bonds is 6. The van der Waals surface area contributed by atoms with Gasteiger partial charge in [-0.15, -0.1) is 0 Å². The van der Waals surface area contributed by atoms with E-state index in [1.54, 1.807) is 32.3 Å². The van der Waals surface area contributed by atoms with E-state index in [0.717, 1.165) is 6.07 Å². The van der Waals surface area contributed by atoms with Crippen LogP contribution in [0.5, 0.6) is 11.5 Å². The van der Waals surface area contributed by atoms with Gasteiger partial charge in [0.05, 0.1) is 14.2 Å². The highest BCUT2D eigenvalue weighted by Gasteiger charge is 2.34. The fourth-order valence-corrected chi connectivity index (χ4v) is 2.15. The van der Waals surface area contributed by atoms with Crippen LogP contribution < -0.4 is 19.7 Å². The minimum Gasteiger partial charge on any atom is -0.493 e. The Morgan fingerprint density at radius 2 is 1.84 bits per heavy atom. The zero-order valence-electron chi connectivity index (χ0n) is 14.3. The molecule has 2 rings (SSSR count). The van der Waals surface area contributed by atoms with E-state index in [-0.39, 0.29) is 18.3 Å². The topological polar surface area (TPSA) is 59.5 Å². The molecule has 25 heavy (non-hydrogen) atoms. The van der Waals surface area contributed by atoms with Gasteiger partial charge in [-0.2, -0.15) is 18.2 Å². The van der Waals surface area contributed by atoms with Crippen LogP contribution in [-0.4, -0.2) is 38.3 Å². The highest BCUT2D eigenvalue weighted by molar-refractivity contribution is 5.49. The maximum absolute atomic E-state index is 13.0. The molecule has 0 radical (unpaired) electrons. The summed E-state index contributed by atoms with van der Waals surface area (Å²) >= 11 is 0. The second-order valence-corrected chi connectivity index (χ2v) is 5.33. The van der Waals surface area contributed by atoms with Crippen LogP contribution in [0.15, 0.2) is 24.3 Å². The lowest BCUT2D eigenvalue weighted by Crippen LogP contribution is -2.17. The van der Waals surface area contributed by atoms with Gasteiger partial charge in [0.25, 0.3) is 0 Å². The first-order chi connectivity index (χ1) is 11.8. The normalized spacial score (nSPS) is 11.2. The summed E-state index contributed by atoms with van der Waals surface area (Å²) in [5, 5.41) is 2.81. The molecular formula is C16H19F3N4O2. The van der Waals surface area contributed by atoms with Gasteiger partial charge >= 0.3 is 6.18 Å². The number of nitrogens with zero attached hydrogens (tertiary/aromatic N) is 3. The fraction of sp³-hybridized carbons (Fsp3) is 0.375. The summed E-state index contributed by atoms with van der Waals surface area (Å²) in [6.45, 7) is 0.175. The van der Waals surface area contributed by atoms with Crippen LogP contribution in [-0.2, 0) is 12.7 Å². The third kappa shape index (κ3) is 4.43. The van der Waals surface area contributed by atoms with Gasteiger partial charge in [0.1, 0.15) is 5.82 Å². The van der Waals surface area contributed by atoms with Gasteiger partial charge < -0.3 is 19.7 Å². The van der Waals surface area contributed by atoms with Crippen molar-refractivity contribution in [2.24, 2.45) is 0 Å². The van der Waals surface area contributed by atoms with Crippen molar-refractivity contribution in [3.8, 4) is 11.5 Å². The van der Waals surface area contributed by atoms with E-state index in [1.165, 1.54) is 19.1 Å². The third-order valence-corrected chi connectivity index (χ3v) is 3.38. The van der Waals surface area contributed by atoms with Gasteiger partial charge in [0.15, 0.2) is 17.2 Å². The van der Waals surface area contributed by atoms with Gasteiger partial charge in [0.2, 0.25) is 5.95 Å². The predicted molar refractivity (Wildman–Crippen MR) is 88.2 cm³/mol. The van der Waals surface area contributed by atoms with Gasteiger partial charge in [-0.3, -0.25) is 0 Å². The molecule has 0 atom stereocenters. The van der Waals surface area contributed by atoms with Crippen molar-refractivity contribution >= 4 is 11.8 Å². The van der Waals surface area contributed by atoms with Crippen molar-refractivity contribution in [2.75, 3.05) is 38.5 Å². The zero-order chi connectivity index (χ0) is 18.6. The monoisotopic (exact) mass is 356 g/mol. The summed E-state index contributed by atoms with van der Waals surface area (Å²) in [6.07, 6.45) is -4.56. The molecule has 0 fully saturated rings. The quantitative estimate of drug-likeness (QED) is 0.858. The number of benzene rings is 1. The van der Waals surface area contributed by atoms with E-state index in [9.17, 15) is 13.2 Å². The second-order valence-electron chi connectivity index (χ2n) is 5.33. The minimum atomic E-state index is -4.56. The second kappa shape index (κ2) is 7.45. The zero-order valence-corrected chi connectivity index (χ0v) is 14.3. The smallest absolute Gasteiger partial charge is 0.433 e. The average Bonchev–Trinajstić information content (AvgIpc) is 2.58. The van der Waals surface area contributed by atoms with Crippen LogP contribution in [0, 0.1) is 0 Å². The third-order valence-electron chi connectivity index (χ3n) is 3.38. The van der Waals surface area contributed by atoms with E-state index < -0.39 is 11.9 Å². The van der Waals surface area contributed by atoms with Crippen molar-refractivity contribution in [1.29, 1.82) is 0 Å². The number of hydrogen-bond donors (Lipinski definition) is 1. The summed E-state index contributed by atoms with van der Waals surface area (Å²) in [7, 11) is 6.22. The Morgan fingerprint density at radius 1 is 1.12 bits per heavy atom. The van der Waals surface area contributed by atoms with Crippen molar-refractivity contribution in [3.63, 3.8) is 0 Å². The Kier molecular flexibility index (Phi) is 5.55. The van der Waals surface area contributed by atoms with Crippen molar-refractivity contribution in [2.45, 2.75) is 12.7 Å². The van der Waals surface area contributed by atoms with Gasteiger partial charge in [-0.1, -0.05) is 12.1 Å². The molecule has 0 spiro atoms. The fourth-order valence-electron chi connectivity index (χ4n) is 2.15. The summed E-state index contributed by atoms with van der Waals surface area (Å²) in [5.41, 5.74) is -0.305. The molecule has 0 unspecified atom stereocenters. The van der Waals surface area contributed by atoms with Gasteiger partial charge in [-0.25, -0.2) is 4.98 Å². The summed E-state index contributed by atoms with van der Waals surface area (Å²) < 4.78 is 49.6. The number of aromatic nitrogens is 2. The van der Waals surface area contributed by atoms with Gasteiger partial charge in [0, 0.05) is 32.3 Å². The minimum absolute atomic E-state index is 0.122. The van der Waals surface area contributed by atoms with Crippen LogP contribution in [0.2, 0.25) is 0 Å². The maximum Gasteiger partial charge on any atom is 0.433 e. The molecule has 0 saturated heterocycles. The molecule has 6 nitrogen and oxygen atoms in total. The number of methoxy groups -OCH3 is 2. The Hall–Kier alpha value is -2.71. The highest BCUT2D eigenvalue weighted by atomic mass is 19.4. The molecule has 0 amide bonds. The largest absolute Gasteiger partial charge is 0.493 e. The Balaban J connectivity index is 2.31. The summed E-state index contributed by atoms with van der Waals surface area (Å²) in [5.74, 6) is 1.06. The standard InChI is InChI=1S/C16H19F3N4O2/c1-23(2)13-8-12(16(17,18)19)21-15(22-13)20-9-10-6-5-7-11(24-3)14(10)25-4/h5-8H,9H2,1-4H3,(H,20,21,22). The number of ether oxygens (including phenoxy) is 2. The van der Waals surface area contributed by atoms with E-state index in [0.29, 0.717) is 17.1 Å². The number of hydrogen-bond acceptors (Lipinski definition) is 6. The Morgan fingerprint density at radius 3 is 2.40 bits per heavy atom. The number of para-hydroxylation sites is 1. The summed E-state index contributed by atoms with van der Waals surface area (Å²) in [6, 6.07) is 6.16. The lowest BCUT2D eigenvalue weighted by molar-refractivity contribution is -0.141. The lowest BCUT2D eigenvalue weighted by atomic mass is 10.2. The predicted octanol–water partition coefficient (Wildman–Crippen LogP) is 3.19.